The number of rotatable bonds is 7. The van der Waals surface area contributed by atoms with Crippen LogP contribution < -0.4 is 5.32 Å². The maximum atomic E-state index is 11.8. The van der Waals surface area contributed by atoms with Gasteiger partial charge in [0.25, 0.3) is 0 Å². The first-order chi connectivity index (χ1) is 8.84. The third-order valence-corrected chi connectivity index (χ3v) is 4.28. The van der Waals surface area contributed by atoms with E-state index in [9.17, 15) is 8.42 Å². The summed E-state index contributed by atoms with van der Waals surface area (Å²) in [5, 5.41) is 3.45. The molecule has 1 atom stereocenters. The number of sulfone groups is 1. The molecule has 3 nitrogen and oxygen atoms in total. The molecule has 0 radical (unpaired) electrons. The molecule has 1 aromatic carbocycles. The zero-order valence-corrected chi connectivity index (χ0v) is 13.1. The number of nitrogens with one attached hydrogen (secondary N) is 1. The predicted octanol–water partition coefficient (Wildman–Crippen LogP) is 2.66. The maximum Gasteiger partial charge on any atom is 0.175 e. The highest BCUT2D eigenvalue weighted by Gasteiger charge is 2.17. The quantitative estimate of drug-likeness (QED) is 0.837. The fourth-order valence-electron chi connectivity index (χ4n) is 2.40. The summed E-state index contributed by atoms with van der Waals surface area (Å²) in [6.07, 6.45) is 3.08. The van der Waals surface area contributed by atoms with E-state index in [0.717, 1.165) is 24.9 Å². The van der Waals surface area contributed by atoms with Crippen LogP contribution in [0.3, 0.4) is 0 Å². The monoisotopic (exact) mass is 283 g/mol. The van der Waals surface area contributed by atoms with Gasteiger partial charge in [-0.1, -0.05) is 39.0 Å². The van der Waals surface area contributed by atoms with Crippen LogP contribution in [0.1, 0.15) is 32.8 Å². The Hall–Kier alpha value is -0.870. The highest BCUT2D eigenvalue weighted by atomic mass is 32.2. The molecule has 4 heteroatoms. The van der Waals surface area contributed by atoms with Gasteiger partial charge in [-0.2, -0.15) is 0 Å². The molecule has 0 fully saturated rings. The van der Waals surface area contributed by atoms with Crippen LogP contribution in [0.15, 0.2) is 29.2 Å². The summed E-state index contributed by atoms with van der Waals surface area (Å²) in [5.41, 5.74) is 0.914. The van der Waals surface area contributed by atoms with E-state index < -0.39 is 9.84 Å². The molecule has 0 aromatic heterocycles. The van der Waals surface area contributed by atoms with Crippen molar-refractivity contribution >= 4 is 9.84 Å². The van der Waals surface area contributed by atoms with Gasteiger partial charge in [-0.15, -0.1) is 0 Å². The van der Waals surface area contributed by atoms with Crippen molar-refractivity contribution < 1.29 is 8.42 Å². The first-order valence-electron chi connectivity index (χ1n) is 6.86. The van der Waals surface area contributed by atoms with Crippen molar-refractivity contribution in [3.63, 3.8) is 0 Å². The lowest BCUT2D eigenvalue weighted by Crippen LogP contribution is -2.32. The predicted molar refractivity (Wildman–Crippen MR) is 80.2 cm³/mol. The molecule has 0 saturated heterocycles. The second-order valence-electron chi connectivity index (χ2n) is 5.47. The SMILES string of the molecule is CCNC(Cc1ccccc1S(C)(=O)=O)CC(C)C. The summed E-state index contributed by atoms with van der Waals surface area (Å²) in [5.74, 6) is 0.592. The Bertz CT molecular complexity index is 495. The highest BCUT2D eigenvalue weighted by molar-refractivity contribution is 7.90. The Morgan fingerprint density at radius 3 is 2.37 bits per heavy atom. The summed E-state index contributed by atoms with van der Waals surface area (Å²) in [6.45, 7) is 7.36. The van der Waals surface area contributed by atoms with E-state index in [1.54, 1.807) is 12.1 Å². The van der Waals surface area contributed by atoms with Crippen molar-refractivity contribution in [3.05, 3.63) is 29.8 Å². The molecule has 0 heterocycles. The fourth-order valence-corrected chi connectivity index (χ4v) is 3.35. The van der Waals surface area contributed by atoms with Gasteiger partial charge in [-0.25, -0.2) is 8.42 Å². The van der Waals surface area contributed by atoms with E-state index in [-0.39, 0.29) is 0 Å². The lowest BCUT2D eigenvalue weighted by atomic mass is 9.97. The molecule has 0 spiro atoms. The molecule has 108 valence electrons. The van der Waals surface area contributed by atoms with Crippen LogP contribution in [0, 0.1) is 5.92 Å². The van der Waals surface area contributed by atoms with Crippen molar-refractivity contribution in [2.24, 2.45) is 5.92 Å². The summed E-state index contributed by atoms with van der Waals surface area (Å²) >= 11 is 0. The van der Waals surface area contributed by atoms with Gasteiger partial charge in [0.15, 0.2) is 9.84 Å². The Balaban J connectivity index is 2.96. The van der Waals surface area contributed by atoms with Crippen LogP contribution in [0.4, 0.5) is 0 Å². The van der Waals surface area contributed by atoms with Crippen molar-refractivity contribution in [2.75, 3.05) is 12.8 Å². The zero-order chi connectivity index (χ0) is 14.5. The average Bonchev–Trinajstić information content (AvgIpc) is 2.27. The van der Waals surface area contributed by atoms with Gasteiger partial charge in [0, 0.05) is 12.3 Å². The van der Waals surface area contributed by atoms with Crippen molar-refractivity contribution in [3.8, 4) is 0 Å². The van der Waals surface area contributed by atoms with Gasteiger partial charge < -0.3 is 5.32 Å². The third kappa shape index (κ3) is 5.33. The topological polar surface area (TPSA) is 46.2 Å². The summed E-state index contributed by atoms with van der Waals surface area (Å²) in [7, 11) is -3.15. The zero-order valence-electron chi connectivity index (χ0n) is 12.3. The largest absolute Gasteiger partial charge is 0.314 e. The molecule has 0 aliphatic carbocycles. The van der Waals surface area contributed by atoms with Gasteiger partial charge in [0.1, 0.15) is 0 Å². The fraction of sp³-hybridized carbons (Fsp3) is 0.600. The van der Waals surface area contributed by atoms with Crippen LogP contribution in [0.2, 0.25) is 0 Å². The van der Waals surface area contributed by atoms with E-state index in [1.807, 2.05) is 12.1 Å². The number of benzene rings is 1. The Kier molecular flexibility index (Phi) is 6.01. The molecule has 0 aliphatic rings. The minimum absolute atomic E-state index is 0.327. The van der Waals surface area contributed by atoms with Crippen LogP contribution in [0.5, 0.6) is 0 Å². The van der Waals surface area contributed by atoms with Crippen molar-refractivity contribution in [1.29, 1.82) is 0 Å². The van der Waals surface area contributed by atoms with E-state index in [2.05, 4.69) is 26.1 Å². The lowest BCUT2D eigenvalue weighted by Gasteiger charge is -2.21. The molecular weight excluding hydrogens is 258 g/mol. The molecule has 1 rings (SSSR count). The molecule has 0 bridgehead atoms. The average molecular weight is 283 g/mol. The van der Waals surface area contributed by atoms with Gasteiger partial charge in [-0.05, 0) is 36.9 Å². The van der Waals surface area contributed by atoms with E-state index in [0.29, 0.717) is 16.9 Å². The minimum atomic E-state index is -3.15. The summed E-state index contributed by atoms with van der Waals surface area (Å²) in [4.78, 5) is 0.460. The van der Waals surface area contributed by atoms with Crippen LogP contribution >= 0.6 is 0 Å². The summed E-state index contributed by atoms with van der Waals surface area (Å²) in [6, 6.07) is 7.63. The number of hydrogen-bond acceptors (Lipinski definition) is 3. The van der Waals surface area contributed by atoms with Gasteiger partial charge in [0.2, 0.25) is 0 Å². The van der Waals surface area contributed by atoms with Crippen molar-refractivity contribution in [2.45, 2.75) is 44.6 Å². The minimum Gasteiger partial charge on any atom is -0.314 e. The standard InChI is InChI=1S/C15H25NO2S/c1-5-16-14(10-12(2)3)11-13-8-6-7-9-15(13)19(4,17)18/h6-9,12,14,16H,5,10-11H2,1-4H3. The summed E-state index contributed by atoms with van der Waals surface area (Å²) < 4.78 is 23.6. The number of hydrogen-bond donors (Lipinski definition) is 1. The second-order valence-corrected chi connectivity index (χ2v) is 7.45. The first-order valence-corrected chi connectivity index (χ1v) is 8.75. The lowest BCUT2D eigenvalue weighted by molar-refractivity contribution is 0.422. The smallest absolute Gasteiger partial charge is 0.175 e. The Morgan fingerprint density at radius 2 is 1.84 bits per heavy atom. The molecule has 1 unspecified atom stereocenters. The van der Waals surface area contributed by atoms with E-state index in [1.165, 1.54) is 6.26 Å². The van der Waals surface area contributed by atoms with Gasteiger partial charge >= 0.3 is 0 Å². The molecule has 19 heavy (non-hydrogen) atoms. The molecular formula is C15H25NO2S. The van der Waals surface area contributed by atoms with Gasteiger partial charge in [-0.3, -0.25) is 0 Å². The molecule has 1 aromatic rings. The Labute approximate surface area is 117 Å². The van der Waals surface area contributed by atoms with Crippen LogP contribution in [-0.2, 0) is 16.3 Å². The van der Waals surface area contributed by atoms with E-state index >= 15 is 0 Å². The molecule has 1 N–H and O–H groups in total. The van der Waals surface area contributed by atoms with Gasteiger partial charge in [0.05, 0.1) is 4.90 Å². The molecule has 0 amide bonds. The Morgan fingerprint density at radius 1 is 1.21 bits per heavy atom. The second kappa shape index (κ2) is 7.06. The maximum absolute atomic E-state index is 11.8. The molecule has 0 aliphatic heterocycles. The number of likely N-dealkylation sites (N-methyl/N-ethyl adjacent to an activating group) is 1. The van der Waals surface area contributed by atoms with E-state index in [4.69, 9.17) is 0 Å². The van der Waals surface area contributed by atoms with Crippen molar-refractivity contribution in [1.82, 2.24) is 5.32 Å². The third-order valence-electron chi connectivity index (χ3n) is 3.09. The highest BCUT2D eigenvalue weighted by Crippen LogP contribution is 2.19. The molecule has 0 saturated carbocycles. The van der Waals surface area contributed by atoms with Crippen LogP contribution in [0.25, 0.3) is 0 Å². The van der Waals surface area contributed by atoms with Crippen LogP contribution in [-0.4, -0.2) is 27.3 Å². The first kappa shape index (κ1) is 16.2. The normalized spacial score (nSPS) is 13.7.